The number of ether oxygens (including phenoxy) is 2. The molecule has 0 aromatic carbocycles. The van der Waals surface area contributed by atoms with Crippen molar-refractivity contribution in [2.75, 3.05) is 50.2 Å². The number of nitrogens with one attached hydrogen (secondary N) is 1. The van der Waals surface area contributed by atoms with Gasteiger partial charge in [-0.2, -0.15) is 0 Å². The number of aromatic nitrogens is 6. The maximum absolute atomic E-state index is 5.61. The Morgan fingerprint density at radius 2 is 1.89 bits per heavy atom. The molecule has 0 amide bonds. The summed E-state index contributed by atoms with van der Waals surface area (Å²) in [6.45, 7) is 4.50. The summed E-state index contributed by atoms with van der Waals surface area (Å²) in [4.78, 5) is 28.0. The number of hydrogen-bond donors (Lipinski definition) is 2. The molecule has 5 rings (SSSR count). The maximum atomic E-state index is 5.61. The second-order valence-electron chi connectivity index (χ2n) is 7.12. The summed E-state index contributed by atoms with van der Waals surface area (Å²) in [6, 6.07) is 0. The van der Waals surface area contributed by atoms with E-state index in [0.717, 1.165) is 56.3 Å². The largest absolute Gasteiger partial charge is 0.381 e. The molecule has 2 aliphatic heterocycles. The van der Waals surface area contributed by atoms with Crippen LogP contribution in [-0.2, 0) is 15.9 Å². The first-order chi connectivity index (χ1) is 13.8. The molecule has 1 atom stereocenters. The molecule has 10 heteroatoms. The van der Waals surface area contributed by atoms with Gasteiger partial charge in [0.15, 0.2) is 17.3 Å². The first-order valence-electron chi connectivity index (χ1n) is 9.51. The van der Waals surface area contributed by atoms with E-state index >= 15 is 0 Å². The molecule has 3 N–H and O–H groups in total. The molecule has 2 aliphatic rings. The Labute approximate surface area is 161 Å². The predicted octanol–water partition coefficient (Wildman–Crippen LogP) is 0.808. The Morgan fingerprint density at radius 1 is 1.07 bits per heavy atom. The van der Waals surface area contributed by atoms with Crippen LogP contribution in [0.2, 0.25) is 0 Å². The molecule has 0 bridgehead atoms. The van der Waals surface area contributed by atoms with Crippen LogP contribution in [0, 0.1) is 5.92 Å². The number of aromatic amines is 1. The zero-order valence-corrected chi connectivity index (χ0v) is 15.5. The summed E-state index contributed by atoms with van der Waals surface area (Å²) >= 11 is 0. The highest BCUT2D eigenvalue weighted by molar-refractivity contribution is 5.85. The topological polar surface area (TPSA) is 128 Å². The molecule has 3 aromatic rings. The van der Waals surface area contributed by atoms with E-state index in [0.29, 0.717) is 36.2 Å². The molecule has 0 spiro atoms. The fourth-order valence-electron chi connectivity index (χ4n) is 3.63. The van der Waals surface area contributed by atoms with Crippen molar-refractivity contribution in [3.63, 3.8) is 0 Å². The van der Waals surface area contributed by atoms with E-state index in [1.165, 1.54) is 0 Å². The van der Waals surface area contributed by atoms with Gasteiger partial charge in [0, 0.05) is 45.1 Å². The van der Waals surface area contributed by atoms with E-state index < -0.39 is 0 Å². The van der Waals surface area contributed by atoms with Gasteiger partial charge < -0.3 is 25.1 Å². The molecule has 5 heterocycles. The molecule has 146 valence electrons. The standard InChI is InChI=1S/C18H22N8O2/c19-18-20-8-12(9-21-18)15-24-16-14(17(25-15)26-2-5-27-6-3-26)22-13(23-16)7-11-1-4-28-10-11/h8-9,11H,1-7,10H2,(H2,19,20,21)(H,22,23,24,25). The van der Waals surface area contributed by atoms with Crippen LogP contribution in [0.4, 0.5) is 11.8 Å². The van der Waals surface area contributed by atoms with E-state index in [4.69, 9.17) is 25.2 Å². The average Bonchev–Trinajstić information content (AvgIpc) is 3.38. The molecule has 0 radical (unpaired) electrons. The van der Waals surface area contributed by atoms with Gasteiger partial charge in [-0.25, -0.2) is 24.9 Å². The number of nitrogens with two attached hydrogens (primary N) is 1. The van der Waals surface area contributed by atoms with Crippen molar-refractivity contribution < 1.29 is 9.47 Å². The zero-order chi connectivity index (χ0) is 18.9. The summed E-state index contributed by atoms with van der Waals surface area (Å²) in [5.74, 6) is 3.00. The zero-order valence-electron chi connectivity index (χ0n) is 15.5. The lowest BCUT2D eigenvalue weighted by atomic mass is 10.1. The molecule has 1 unspecified atom stereocenters. The number of nitrogens with zero attached hydrogens (tertiary/aromatic N) is 6. The third-order valence-electron chi connectivity index (χ3n) is 5.13. The number of imidazole rings is 1. The Hall–Kier alpha value is -2.85. The first-order valence-corrected chi connectivity index (χ1v) is 9.51. The van der Waals surface area contributed by atoms with Crippen LogP contribution in [0.15, 0.2) is 12.4 Å². The fraction of sp³-hybridized carbons (Fsp3) is 0.500. The SMILES string of the molecule is Nc1ncc(-c2nc(N3CCOCC3)c3[nH]c(CC4CCOC4)nc3n2)cn1. The van der Waals surface area contributed by atoms with E-state index in [2.05, 4.69) is 24.8 Å². The Morgan fingerprint density at radius 3 is 2.64 bits per heavy atom. The van der Waals surface area contributed by atoms with Crippen molar-refractivity contribution in [1.29, 1.82) is 0 Å². The molecule has 28 heavy (non-hydrogen) atoms. The molecular weight excluding hydrogens is 360 g/mol. The molecule has 2 fully saturated rings. The smallest absolute Gasteiger partial charge is 0.219 e. The van der Waals surface area contributed by atoms with Crippen LogP contribution in [0.5, 0.6) is 0 Å². The van der Waals surface area contributed by atoms with Crippen molar-refractivity contribution in [1.82, 2.24) is 29.9 Å². The molecular formula is C18H22N8O2. The highest BCUT2D eigenvalue weighted by Gasteiger charge is 2.23. The lowest BCUT2D eigenvalue weighted by Gasteiger charge is -2.28. The van der Waals surface area contributed by atoms with E-state index in [1.54, 1.807) is 12.4 Å². The van der Waals surface area contributed by atoms with Crippen LogP contribution in [0.1, 0.15) is 12.2 Å². The van der Waals surface area contributed by atoms with Gasteiger partial charge in [-0.05, 0) is 12.3 Å². The Balaban J connectivity index is 1.57. The predicted molar refractivity (Wildman–Crippen MR) is 103 cm³/mol. The highest BCUT2D eigenvalue weighted by Crippen LogP contribution is 2.28. The van der Waals surface area contributed by atoms with Gasteiger partial charge in [-0.3, -0.25) is 0 Å². The minimum atomic E-state index is 0.221. The number of morpholine rings is 1. The van der Waals surface area contributed by atoms with Crippen LogP contribution in [0.25, 0.3) is 22.6 Å². The van der Waals surface area contributed by atoms with E-state index in [1.807, 2.05) is 0 Å². The Bertz CT molecular complexity index is 962. The van der Waals surface area contributed by atoms with Crippen molar-refractivity contribution in [2.45, 2.75) is 12.8 Å². The summed E-state index contributed by atoms with van der Waals surface area (Å²) in [7, 11) is 0. The number of H-pyrrole nitrogens is 1. The highest BCUT2D eigenvalue weighted by atomic mass is 16.5. The van der Waals surface area contributed by atoms with Crippen LogP contribution in [-0.4, -0.2) is 69.4 Å². The van der Waals surface area contributed by atoms with E-state index in [-0.39, 0.29) is 5.95 Å². The lowest BCUT2D eigenvalue weighted by Crippen LogP contribution is -2.37. The van der Waals surface area contributed by atoms with Gasteiger partial charge in [-0.15, -0.1) is 0 Å². The average molecular weight is 382 g/mol. The summed E-state index contributed by atoms with van der Waals surface area (Å²) in [5.41, 5.74) is 7.83. The number of nitrogen functional groups attached to an aromatic ring is 1. The van der Waals surface area contributed by atoms with Gasteiger partial charge in [0.1, 0.15) is 11.3 Å². The van der Waals surface area contributed by atoms with E-state index in [9.17, 15) is 0 Å². The summed E-state index contributed by atoms with van der Waals surface area (Å²) in [6.07, 6.45) is 5.18. The summed E-state index contributed by atoms with van der Waals surface area (Å²) < 4.78 is 11.0. The monoisotopic (exact) mass is 382 g/mol. The second-order valence-corrected chi connectivity index (χ2v) is 7.12. The first kappa shape index (κ1) is 17.3. The Kier molecular flexibility index (Phi) is 4.49. The van der Waals surface area contributed by atoms with Gasteiger partial charge in [0.25, 0.3) is 0 Å². The summed E-state index contributed by atoms with van der Waals surface area (Å²) in [5, 5.41) is 0. The molecule has 0 aliphatic carbocycles. The minimum absolute atomic E-state index is 0.221. The van der Waals surface area contributed by atoms with Crippen molar-refractivity contribution in [3.8, 4) is 11.4 Å². The van der Waals surface area contributed by atoms with Crippen LogP contribution < -0.4 is 10.6 Å². The third-order valence-corrected chi connectivity index (χ3v) is 5.13. The normalized spacial score (nSPS) is 20.1. The van der Waals surface area contributed by atoms with Crippen molar-refractivity contribution >= 4 is 22.9 Å². The van der Waals surface area contributed by atoms with Gasteiger partial charge >= 0.3 is 0 Å². The second kappa shape index (κ2) is 7.28. The van der Waals surface area contributed by atoms with Crippen molar-refractivity contribution in [3.05, 3.63) is 18.2 Å². The number of fused-ring (bicyclic) bond motifs is 1. The molecule has 3 aromatic heterocycles. The van der Waals surface area contributed by atoms with Gasteiger partial charge in [0.05, 0.1) is 18.8 Å². The van der Waals surface area contributed by atoms with Crippen LogP contribution >= 0.6 is 0 Å². The third kappa shape index (κ3) is 3.36. The van der Waals surface area contributed by atoms with Gasteiger partial charge in [0.2, 0.25) is 5.95 Å². The maximum Gasteiger partial charge on any atom is 0.219 e. The number of anilines is 2. The quantitative estimate of drug-likeness (QED) is 0.673. The minimum Gasteiger partial charge on any atom is -0.381 e. The molecule has 0 saturated carbocycles. The number of rotatable bonds is 4. The van der Waals surface area contributed by atoms with Gasteiger partial charge in [-0.1, -0.05) is 0 Å². The fourth-order valence-corrected chi connectivity index (χ4v) is 3.63. The lowest BCUT2D eigenvalue weighted by molar-refractivity contribution is 0.122. The molecule has 2 saturated heterocycles. The van der Waals surface area contributed by atoms with Crippen molar-refractivity contribution in [2.24, 2.45) is 5.92 Å². The molecule has 10 nitrogen and oxygen atoms in total. The number of hydrogen-bond acceptors (Lipinski definition) is 9. The van der Waals surface area contributed by atoms with Crippen LogP contribution in [0.3, 0.4) is 0 Å².